The minimum Gasteiger partial charge on any atom is -0.477 e. The van der Waals surface area contributed by atoms with E-state index in [-0.39, 0.29) is 28.5 Å². The van der Waals surface area contributed by atoms with Crippen molar-refractivity contribution in [1.29, 1.82) is 0 Å². The molecule has 13 heteroatoms. The molecule has 2 aliphatic rings. The van der Waals surface area contributed by atoms with Crippen LogP contribution in [-0.2, 0) is 11.8 Å². The summed E-state index contributed by atoms with van der Waals surface area (Å²) in [4.78, 5) is 41.5. The second-order valence-corrected chi connectivity index (χ2v) is 10.8. The summed E-state index contributed by atoms with van der Waals surface area (Å²) in [6, 6.07) is 2.76. The number of likely N-dealkylation sites (N-methyl/N-ethyl adjacent to an activating group) is 1. The van der Waals surface area contributed by atoms with E-state index < -0.39 is 23.0 Å². The number of fused-ring (bicyclic) bond motifs is 5. The number of carbonyl (C=O) groups is 1. The van der Waals surface area contributed by atoms with Gasteiger partial charge in [0.25, 0.3) is 0 Å². The Morgan fingerprint density at radius 3 is 2.71 bits per heavy atom. The number of rotatable bonds is 4. The average molecular weight is 576 g/mol. The summed E-state index contributed by atoms with van der Waals surface area (Å²) in [5, 5.41) is 13.1. The summed E-state index contributed by atoms with van der Waals surface area (Å²) in [6.07, 6.45) is 4.33. The molecule has 42 heavy (non-hydrogen) atoms. The highest BCUT2D eigenvalue weighted by Crippen LogP contribution is 2.44. The number of aromatic amines is 1. The molecule has 0 aliphatic carbocycles. The molecule has 7 rings (SSSR count). The van der Waals surface area contributed by atoms with Gasteiger partial charge in [0.05, 0.1) is 51.8 Å². The summed E-state index contributed by atoms with van der Waals surface area (Å²) in [5.74, 6) is -3.34. The Hall–Kier alpha value is -4.62. The maximum absolute atomic E-state index is 15.6. The minimum atomic E-state index is -1.34. The molecule has 2 unspecified atom stereocenters. The van der Waals surface area contributed by atoms with Crippen LogP contribution in [-0.4, -0.2) is 88.0 Å². The van der Waals surface area contributed by atoms with Gasteiger partial charge in [0.1, 0.15) is 16.9 Å². The normalized spacial score (nSPS) is 19.2. The lowest BCUT2D eigenvalue weighted by Gasteiger charge is -2.33. The Morgan fingerprint density at radius 2 is 1.98 bits per heavy atom. The number of nitrogens with zero attached hydrogens (tertiary/aromatic N) is 5. The molecule has 2 atom stereocenters. The zero-order valence-corrected chi connectivity index (χ0v) is 23.0. The fourth-order valence-electron chi connectivity index (χ4n) is 6.38. The van der Waals surface area contributed by atoms with Gasteiger partial charge >= 0.3 is 5.97 Å². The zero-order chi connectivity index (χ0) is 29.4. The maximum atomic E-state index is 15.6. The highest BCUT2D eigenvalue weighted by Gasteiger charge is 2.40. The van der Waals surface area contributed by atoms with Crippen molar-refractivity contribution in [3.63, 3.8) is 0 Å². The van der Waals surface area contributed by atoms with Gasteiger partial charge in [-0.25, -0.2) is 23.5 Å². The Bertz CT molecular complexity index is 2010. The highest BCUT2D eigenvalue weighted by molar-refractivity contribution is 6.18. The number of carboxylic acids is 1. The smallest absolute Gasteiger partial charge is 0.341 e. The number of aryl methyl sites for hydroxylation is 1. The van der Waals surface area contributed by atoms with Crippen LogP contribution in [0.15, 0.2) is 35.5 Å². The van der Waals surface area contributed by atoms with Crippen molar-refractivity contribution in [2.75, 3.05) is 50.6 Å². The maximum Gasteiger partial charge on any atom is 0.341 e. The van der Waals surface area contributed by atoms with Crippen LogP contribution in [0.4, 0.5) is 20.2 Å². The fraction of sp³-hybridized carbons (Fsp3) is 0.310. The number of aromatic nitrogens is 4. The van der Waals surface area contributed by atoms with Crippen LogP contribution in [0.5, 0.6) is 0 Å². The lowest BCUT2D eigenvalue weighted by atomic mass is 10.0. The van der Waals surface area contributed by atoms with Crippen LogP contribution >= 0.6 is 0 Å². The molecule has 2 aliphatic heterocycles. The number of anilines is 2. The summed E-state index contributed by atoms with van der Waals surface area (Å²) >= 11 is 0. The first-order valence-electron chi connectivity index (χ1n) is 13.5. The number of morpholine rings is 1. The molecule has 6 heterocycles. The lowest BCUT2D eigenvalue weighted by Crippen LogP contribution is -2.48. The number of nitrogens with one attached hydrogen (secondary N) is 2. The number of pyridine rings is 3. The van der Waals surface area contributed by atoms with Crippen LogP contribution in [0.2, 0.25) is 0 Å². The van der Waals surface area contributed by atoms with E-state index in [1.807, 2.05) is 7.05 Å². The van der Waals surface area contributed by atoms with Crippen molar-refractivity contribution in [1.82, 2.24) is 24.4 Å². The fourth-order valence-corrected chi connectivity index (χ4v) is 6.38. The largest absolute Gasteiger partial charge is 0.477 e. The molecule has 2 saturated heterocycles. The van der Waals surface area contributed by atoms with Crippen molar-refractivity contribution in [2.24, 2.45) is 7.05 Å². The van der Waals surface area contributed by atoms with E-state index in [1.54, 1.807) is 32.6 Å². The molecule has 1 aromatic carbocycles. The average Bonchev–Trinajstić information content (AvgIpc) is 3.59. The third kappa shape index (κ3) is 3.77. The molecule has 5 aromatic rings. The highest BCUT2D eigenvalue weighted by atomic mass is 19.2. The van der Waals surface area contributed by atoms with Gasteiger partial charge in [0.2, 0.25) is 5.43 Å². The molecule has 0 bridgehead atoms. The number of hydrogen-bond donors (Lipinski definition) is 3. The van der Waals surface area contributed by atoms with Gasteiger partial charge in [-0.3, -0.25) is 9.69 Å². The van der Waals surface area contributed by atoms with Gasteiger partial charge in [0.15, 0.2) is 11.6 Å². The van der Waals surface area contributed by atoms with Gasteiger partial charge in [-0.2, -0.15) is 0 Å². The summed E-state index contributed by atoms with van der Waals surface area (Å²) < 4.78 is 38.1. The number of halogens is 2. The predicted octanol–water partition coefficient (Wildman–Crippen LogP) is 3.17. The van der Waals surface area contributed by atoms with Gasteiger partial charge in [0, 0.05) is 69.5 Å². The van der Waals surface area contributed by atoms with E-state index in [4.69, 9.17) is 4.74 Å². The number of benzene rings is 1. The molecule has 11 nitrogen and oxygen atoms in total. The van der Waals surface area contributed by atoms with E-state index in [0.717, 1.165) is 12.6 Å². The molecule has 216 valence electrons. The Kier molecular flexibility index (Phi) is 5.92. The van der Waals surface area contributed by atoms with Gasteiger partial charge in [-0.05, 0) is 13.1 Å². The van der Waals surface area contributed by atoms with Gasteiger partial charge < -0.3 is 29.6 Å². The summed E-state index contributed by atoms with van der Waals surface area (Å²) in [7, 11) is 5.28. The second-order valence-electron chi connectivity index (χ2n) is 10.8. The molecular weight excluding hydrogens is 548 g/mol. The second kappa shape index (κ2) is 9.46. The van der Waals surface area contributed by atoms with Crippen LogP contribution in [0, 0.1) is 11.6 Å². The number of carboxylic acid groups (broad SMARTS) is 1. The van der Waals surface area contributed by atoms with E-state index in [2.05, 4.69) is 30.1 Å². The summed E-state index contributed by atoms with van der Waals surface area (Å²) in [6.45, 7) is 2.42. The molecule has 0 radical (unpaired) electrons. The third-order valence-corrected chi connectivity index (χ3v) is 8.48. The topological polar surface area (TPSA) is 129 Å². The summed E-state index contributed by atoms with van der Waals surface area (Å²) in [5.41, 5.74) is 2.00. The SMILES string of the molecule is CNc1cc(F)c(F)c2c1[nH]c1ncc(-c3cnc4c(c3)c(=O)c(C(=O)O)cn4C)c(N3CC4OCCN(C)C4C3)c12. The van der Waals surface area contributed by atoms with E-state index in [0.29, 0.717) is 64.4 Å². The van der Waals surface area contributed by atoms with E-state index in [1.165, 1.54) is 10.8 Å². The Balaban J connectivity index is 1.54. The molecule has 3 N–H and O–H groups in total. The van der Waals surface area contributed by atoms with E-state index in [9.17, 15) is 19.1 Å². The third-order valence-electron chi connectivity index (χ3n) is 8.48. The van der Waals surface area contributed by atoms with Crippen LogP contribution in [0.3, 0.4) is 0 Å². The van der Waals surface area contributed by atoms with E-state index >= 15 is 4.39 Å². The minimum absolute atomic E-state index is 0.0562. The first-order valence-corrected chi connectivity index (χ1v) is 13.5. The Morgan fingerprint density at radius 1 is 1.17 bits per heavy atom. The number of H-pyrrole nitrogens is 1. The standard InChI is InChI=1S/C29H27F2N7O4/c1-32-18-7-17(30)23(31)21-22-25(38-11-19-20(12-38)42-5-4-36(19)2)15(9-33-27(22)35-24(18)21)13-6-14-26(39)16(29(40)41)10-37(3)28(14)34-8-13/h6-10,19-20,32H,4-5,11-12H2,1-3H3,(H,33,35)(H,40,41). The van der Waals surface area contributed by atoms with Crippen molar-refractivity contribution < 1.29 is 23.4 Å². The number of hydrogen-bond acceptors (Lipinski definition) is 8. The molecule has 0 spiro atoms. The monoisotopic (exact) mass is 575 g/mol. The van der Waals surface area contributed by atoms with Crippen molar-refractivity contribution in [3.05, 3.63) is 58.1 Å². The molecule has 0 saturated carbocycles. The number of aromatic carboxylic acids is 1. The van der Waals surface area contributed by atoms with Gasteiger partial charge in [-0.15, -0.1) is 0 Å². The zero-order valence-electron chi connectivity index (χ0n) is 23.0. The molecular formula is C29H27F2N7O4. The lowest BCUT2D eigenvalue weighted by molar-refractivity contribution is -0.0362. The van der Waals surface area contributed by atoms with Crippen molar-refractivity contribution in [2.45, 2.75) is 12.1 Å². The van der Waals surface area contributed by atoms with Crippen LogP contribution in [0.25, 0.3) is 44.1 Å². The quantitative estimate of drug-likeness (QED) is 0.296. The molecule has 0 amide bonds. The van der Waals surface area contributed by atoms with Crippen molar-refractivity contribution in [3.8, 4) is 11.1 Å². The van der Waals surface area contributed by atoms with Crippen LogP contribution in [0.1, 0.15) is 10.4 Å². The van der Waals surface area contributed by atoms with Gasteiger partial charge in [-0.1, -0.05) is 0 Å². The van der Waals surface area contributed by atoms with Crippen molar-refractivity contribution >= 4 is 50.3 Å². The first kappa shape index (κ1) is 26.3. The van der Waals surface area contributed by atoms with Crippen LogP contribution < -0.4 is 15.6 Å². The molecule has 2 fully saturated rings. The number of ether oxygens (including phenoxy) is 1. The predicted molar refractivity (Wildman–Crippen MR) is 154 cm³/mol. The Labute approximate surface area is 237 Å². The molecule has 4 aromatic heterocycles. The first-order chi connectivity index (χ1) is 20.2.